The van der Waals surface area contributed by atoms with Crippen LogP contribution in [-0.2, 0) is 34.3 Å². The molecule has 4 nitrogen and oxygen atoms in total. The van der Waals surface area contributed by atoms with Gasteiger partial charge in [0.05, 0.1) is 18.4 Å². The van der Waals surface area contributed by atoms with Crippen LogP contribution in [0.25, 0.3) is 10.6 Å². The van der Waals surface area contributed by atoms with Gasteiger partial charge in [0.1, 0.15) is 10.8 Å². The van der Waals surface area contributed by atoms with Crippen molar-refractivity contribution >= 4 is 29.1 Å². The van der Waals surface area contributed by atoms with Crippen LogP contribution in [0.5, 0.6) is 5.75 Å². The lowest BCUT2D eigenvalue weighted by Crippen LogP contribution is -2.13. The quantitative estimate of drug-likeness (QED) is 0.279. The average molecular weight is 494 g/mol. The highest BCUT2D eigenvalue weighted by Crippen LogP contribution is 2.40. The monoisotopic (exact) mass is 493 g/mol. The number of thiazole rings is 1. The summed E-state index contributed by atoms with van der Waals surface area (Å²) in [6, 6.07) is 9.05. The van der Waals surface area contributed by atoms with Crippen LogP contribution in [0, 0.1) is 6.92 Å². The molecule has 0 aliphatic heterocycles. The van der Waals surface area contributed by atoms with Gasteiger partial charge in [-0.15, -0.1) is 23.1 Å². The largest absolute Gasteiger partial charge is 0.482 e. The Bertz CT molecular complexity index is 1160. The fraction of sp³-hybridized carbons (Fsp3) is 0.333. The number of fused-ring (bicyclic) bond motifs is 1. The lowest BCUT2D eigenvalue weighted by atomic mass is 10.1. The highest BCUT2D eigenvalue weighted by Gasteiger charge is 2.30. The second-order valence-electron chi connectivity index (χ2n) is 7.63. The summed E-state index contributed by atoms with van der Waals surface area (Å²) in [4.78, 5) is 18.3. The number of hydrogen-bond acceptors (Lipinski definition) is 6. The summed E-state index contributed by atoms with van der Waals surface area (Å²) in [6.45, 7) is 1.82. The van der Waals surface area contributed by atoms with Gasteiger partial charge in [0, 0.05) is 21.1 Å². The third-order valence-electron chi connectivity index (χ3n) is 5.48. The first kappa shape index (κ1) is 23.6. The Morgan fingerprint density at radius 3 is 2.55 bits per heavy atom. The molecule has 2 aromatic carbocycles. The second-order valence-corrected chi connectivity index (χ2v) is 9.73. The minimum absolute atomic E-state index is 0.109. The molecule has 0 N–H and O–H groups in total. The third kappa shape index (κ3) is 5.35. The second kappa shape index (κ2) is 9.77. The van der Waals surface area contributed by atoms with Gasteiger partial charge in [-0.25, -0.2) is 9.78 Å². The number of carbonyl (C=O) groups excluding carboxylic acids is 1. The van der Waals surface area contributed by atoms with E-state index in [4.69, 9.17) is 4.74 Å². The summed E-state index contributed by atoms with van der Waals surface area (Å²) in [6.07, 6.45) is -1.43. The van der Waals surface area contributed by atoms with Crippen molar-refractivity contribution in [1.82, 2.24) is 4.98 Å². The molecule has 4 rings (SSSR count). The van der Waals surface area contributed by atoms with E-state index in [0.717, 1.165) is 59.0 Å². The van der Waals surface area contributed by atoms with Crippen molar-refractivity contribution < 1.29 is 27.4 Å². The summed E-state index contributed by atoms with van der Waals surface area (Å²) < 4.78 is 48.8. The molecule has 1 heterocycles. The Balaban J connectivity index is 1.47. The number of aryl methyl sites for hydroxylation is 1. The van der Waals surface area contributed by atoms with Gasteiger partial charge in [-0.1, -0.05) is 12.1 Å². The van der Waals surface area contributed by atoms with Gasteiger partial charge in [0.15, 0.2) is 6.61 Å². The zero-order chi connectivity index (χ0) is 23.6. The number of aromatic nitrogens is 1. The number of thioether (sulfide) groups is 1. The molecule has 33 heavy (non-hydrogen) atoms. The Morgan fingerprint density at radius 1 is 1.12 bits per heavy atom. The van der Waals surface area contributed by atoms with Crippen LogP contribution in [0.1, 0.15) is 33.7 Å². The van der Waals surface area contributed by atoms with Crippen molar-refractivity contribution in [1.29, 1.82) is 0 Å². The number of carbonyl (C=O) groups is 1. The predicted molar refractivity (Wildman–Crippen MR) is 123 cm³/mol. The topological polar surface area (TPSA) is 48.4 Å². The van der Waals surface area contributed by atoms with Crippen LogP contribution < -0.4 is 4.74 Å². The SMILES string of the molecule is COC(=O)COc1ccc(SCc2sc(-c3ccc(C(F)(F)F)cc3)nc2C)c2c1CCC2. The molecule has 0 spiro atoms. The molecule has 9 heteroatoms. The fourth-order valence-electron chi connectivity index (χ4n) is 3.74. The molecule has 0 saturated carbocycles. The Kier molecular flexibility index (Phi) is 6.99. The number of benzene rings is 2. The lowest BCUT2D eigenvalue weighted by molar-refractivity contribution is -0.143. The van der Waals surface area contributed by atoms with Crippen LogP contribution in [0.15, 0.2) is 41.3 Å². The summed E-state index contributed by atoms with van der Waals surface area (Å²) in [7, 11) is 1.33. The Hall–Kier alpha value is -2.52. The van der Waals surface area contributed by atoms with Gasteiger partial charge in [-0.05, 0) is 61.6 Å². The lowest BCUT2D eigenvalue weighted by Gasteiger charge is -2.13. The molecular formula is C24H22F3NO3S2. The van der Waals surface area contributed by atoms with Crippen molar-refractivity contribution in [3.63, 3.8) is 0 Å². The van der Waals surface area contributed by atoms with Crippen LogP contribution in [-0.4, -0.2) is 24.7 Å². The number of rotatable bonds is 7. The molecule has 1 aliphatic carbocycles. The smallest absolute Gasteiger partial charge is 0.416 e. The minimum Gasteiger partial charge on any atom is -0.482 e. The van der Waals surface area contributed by atoms with E-state index in [2.05, 4.69) is 9.72 Å². The van der Waals surface area contributed by atoms with E-state index in [1.165, 1.54) is 41.0 Å². The summed E-state index contributed by atoms with van der Waals surface area (Å²) in [5.74, 6) is 1.04. The number of methoxy groups -OCH3 is 1. The first-order valence-corrected chi connectivity index (χ1v) is 12.2. The number of nitrogens with zero attached hydrogens (tertiary/aromatic N) is 1. The molecule has 0 fully saturated rings. The molecule has 0 bridgehead atoms. The van der Waals surface area contributed by atoms with E-state index in [9.17, 15) is 18.0 Å². The molecule has 174 valence electrons. The number of alkyl halides is 3. The first-order valence-electron chi connectivity index (χ1n) is 10.4. The predicted octanol–water partition coefficient (Wildman–Crippen LogP) is 6.47. The van der Waals surface area contributed by atoms with Gasteiger partial charge in [-0.2, -0.15) is 13.2 Å². The van der Waals surface area contributed by atoms with E-state index < -0.39 is 17.7 Å². The maximum Gasteiger partial charge on any atom is 0.416 e. The Labute approximate surface area is 198 Å². The minimum atomic E-state index is -4.35. The molecule has 0 amide bonds. The summed E-state index contributed by atoms with van der Waals surface area (Å²) >= 11 is 3.23. The van der Waals surface area contributed by atoms with Crippen LogP contribution in [0.2, 0.25) is 0 Å². The zero-order valence-electron chi connectivity index (χ0n) is 18.1. The Morgan fingerprint density at radius 2 is 1.85 bits per heavy atom. The van der Waals surface area contributed by atoms with Gasteiger partial charge in [-0.3, -0.25) is 0 Å². The summed E-state index contributed by atoms with van der Waals surface area (Å²) in [5, 5.41) is 0.716. The van der Waals surface area contributed by atoms with E-state index in [1.807, 2.05) is 19.1 Å². The summed E-state index contributed by atoms with van der Waals surface area (Å²) in [5.41, 5.74) is 3.31. The van der Waals surface area contributed by atoms with Crippen molar-refractivity contribution in [2.24, 2.45) is 0 Å². The van der Waals surface area contributed by atoms with Crippen LogP contribution in [0.3, 0.4) is 0 Å². The van der Waals surface area contributed by atoms with Gasteiger partial charge in [0.25, 0.3) is 0 Å². The van der Waals surface area contributed by atoms with E-state index in [1.54, 1.807) is 11.8 Å². The molecule has 3 aromatic rings. The van der Waals surface area contributed by atoms with Gasteiger partial charge in [0.2, 0.25) is 0 Å². The maximum absolute atomic E-state index is 12.8. The van der Waals surface area contributed by atoms with Gasteiger partial charge < -0.3 is 9.47 Å². The first-order chi connectivity index (χ1) is 15.8. The number of esters is 1. The standard InChI is InChI=1S/C24H22F3NO3S2/c1-14-21(33-23(28-14)15-6-8-16(9-7-15)24(25,26)27)13-32-20-11-10-19(31-12-22(29)30-2)17-4-3-5-18(17)20/h6-11H,3-5,12-13H2,1-2H3. The molecule has 0 atom stereocenters. The number of hydrogen-bond donors (Lipinski definition) is 0. The zero-order valence-corrected chi connectivity index (χ0v) is 19.8. The van der Waals surface area contributed by atoms with Crippen molar-refractivity contribution in [2.75, 3.05) is 13.7 Å². The van der Waals surface area contributed by atoms with Crippen LogP contribution in [0.4, 0.5) is 13.2 Å². The fourth-order valence-corrected chi connectivity index (χ4v) is 6.07. The van der Waals surface area contributed by atoms with E-state index in [0.29, 0.717) is 10.6 Å². The van der Waals surface area contributed by atoms with Crippen molar-refractivity contribution in [3.05, 3.63) is 63.7 Å². The normalized spacial score (nSPS) is 13.1. The molecule has 0 unspecified atom stereocenters. The molecule has 0 radical (unpaired) electrons. The molecule has 1 aliphatic rings. The van der Waals surface area contributed by atoms with E-state index in [-0.39, 0.29) is 6.61 Å². The van der Waals surface area contributed by atoms with Crippen molar-refractivity contribution in [3.8, 4) is 16.3 Å². The van der Waals surface area contributed by atoms with Crippen molar-refractivity contribution in [2.45, 2.75) is 43.0 Å². The van der Waals surface area contributed by atoms with E-state index >= 15 is 0 Å². The third-order valence-corrected chi connectivity index (χ3v) is 8.00. The number of halogens is 3. The maximum atomic E-state index is 12.8. The molecule has 0 saturated heterocycles. The molecular weight excluding hydrogens is 471 g/mol. The average Bonchev–Trinajstić information content (AvgIpc) is 3.43. The highest BCUT2D eigenvalue weighted by atomic mass is 32.2. The van der Waals surface area contributed by atoms with Crippen LogP contribution >= 0.6 is 23.1 Å². The highest BCUT2D eigenvalue weighted by molar-refractivity contribution is 7.98. The van der Waals surface area contributed by atoms with Gasteiger partial charge >= 0.3 is 12.1 Å². The molecule has 1 aromatic heterocycles. The number of ether oxygens (including phenoxy) is 2.